The fourth-order valence-electron chi connectivity index (χ4n) is 2.89. The Labute approximate surface area is 156 Å². The largest absolute Gasteiger partial charge is 0.345 e. The van der Waals surface area contributed by atoms with E-state index < -0.39 is 11.8 Å². The van der Waals surface area contributed by atoms with Crippen molar-refractivity contribution < 1.29 is 19.2 Å². The molecule has 27 heavy (non-hydrogen) atoms. The summed E-state index contributed by atoms with van der Waals surface area (Å²) in [7, 11) is 3.26. The summed E-state index contributed by atoms with van der Waals surface area (Å²) in [4.78, 5) is 51.6. The number of carbonyl (C=O) groups is 4. The highest BCUT2D eigenvalue weighted by atomic mass is 16.2. The van der Waals surface area contributed by atoms with Gasteiger partial charge in [-0.05, 0) is 24.3 Å². The molecular formula is C20H19N3O4. The number of hydrogen-bond acceptors (Lipinski definition) is 4. The number of hydrogen-bond donors (Lipinski definition) is 1. The lowest BCUT2D eigenvalue weighted by atomic mass is 10.1. The molecule has 2 aromatic carbocycles. The van der Waals surface area contributed by atoms with Crippen LogP contribution in [-0.2, 0) is 4.79 Å². The van der Waals surface area contributed by atoms with Crippen molar-refractivity contribution in [1.29, 1.82) is 0 Å². The second kappa shape index (κ2) is 7.41. The third kappa shape index (κ3) is 3.57. The molecule has 0 aliphatic carbocycles. The number of nitrogens with one attached hydrogen (secondary N) is 1. The van der Waals surface area contributed by atoms with Gasteiger partial charge in [-0.25, -0.2) is 0 Å². The Balaban J connectivity index is 1.66. The SMILES string of the molecule is CN(C)C(=O)c1ccccc1NC(=O)CCN1C(=O)c2ccccc2C1=O. The van der Waals surface area contributed by atoms with Gasteiger partial charge in [0.05, 0.1) is 22.4 Å². The molecule has 1 aliphatic heterocycles. The third-order valence-corrected chi connectivity index (χ3v) is 4.28. The van der Waals surface area contributed by atoms with E-state index in [4.69, 9.17) is 0 Å². The molecule has 0 aromatic heterocycles. The minimum Gasteiger partial charge on any atom is -0.345 e. The number of amides is 4. The zero-order chi connectivity index (χ0) is 19.6. The maximum atomic E-state index is 12.3. The van der Waals surface area contributed by atoms with E-state index >= 15 is 0 Å². The molecule has 0 fully saturated rings. The zero-order valence-electron chi connectivity index (χ0n) is 15.1. The molecule has 0 radical (unpaired) electrons. The second-order valence-electron chi connectivity index (χ2n) is 6.35. The van der Waals surface area contributed by atoms with Crippen LogP contribution in [0.4, 0.5) is 5.69 Å². The number of nitrogens with zero attached hydrogens (tertiary/aromatic N) is 2. The van der Waals surface area contributed by atoms with Crippen LogP contribution >= 0.6 is 0 Å². The number of anilines is 1. The third-order valence-electron chi connectivity index (χ3n) is 4.28. The maximum Gasteiger partial charge on any atom is 0.261 e. The van der Waals surface area contributed by atoms with Crippen LogP contribution < -0.4 is 5.32 Å². The summed E-state index contributed by atoms with van der Waals surface area (Å²) in [5.74, 6) is -1.41. The molecule has 4 amide bonds. The fraction of sp³-hybridized carbons (Fsp3) is 0.200. The monoisotopic (exact) mass is 365 g/mol. The lowest BCUT2D eigenvalue weighted by Gasteiger charge is -2.16. The number of fused-ring (bicyclic) bond motifs is 1. The Morgan fingerprint density at radius 1 is 0.926 bits per heavy atom. The molecule has 0 saturated carbocycles. The molecule has 2 aromatic rings. The first kappa shape index (κ1) is 18.3. The molecule has 1 N–H and O–H groups in total. The van der Waals surface area contributed by atoms with Crippen LogP contribution in [0, 0.1) is 0 Å². The Hall–Kier alpha value is -3.48. The predicted molar refractivity (Wildman–Crippen MR) is 99.5 cm³/mol. The molecule has 0 bridgehead atoms. The Kier molecular flexibility index (Phi) is 5.03. The van der Waals surface area contributed by atoms with Gasteiger partial charge in [0, 0.05) is 27.1 Å². The summed E-state index contributed by atoms with van der Waals surface area (Å²) in [6.45, 7) is -0.0258. The van der Waals surface area contributed by atoms with Crippen LogP contribution in [0.1, 0.15) is 37.5 Å². The number of para-hydroxylation sites is 1. The smallest absolute Gasteiger partial charge is 0.261 e. The molecule has 1 heterocycles. The molecule has 7 heteroatoms. The number of rotatable bonds is 5. The van der Waals surface area contributed by atoms with Gasteiger partial charge >= 0.3 is 0 Å². The molecule has 0 saturated heterocycles. The molecule has 1 aliphatic rings. The van der Waals surface area contributed by atoms with E-state index in [0.717, 1.165) is 4.90 Å². The first-order chi connectivity index (χ1) is 12.9. The minimum absolute atomic E-state index is 0.0258. The van der Waals surface area contributed by atoms with Crippen molar-refractivity contribution in [2.45, 2.75) is 6.42 Å². The van der Waals surface area contributed by atoms with E-state index in [1.165, 1.54) is 4.90 Å². The van der Waals surface area contributed by atoms with Crippen LogP contribution in [0.5, 0.6) is 0 Å². The first-order valence-corrected chi connectivity index (χ1v) is 8.46. The molecule has 0 atom stereocenters. The van der Waals surface area contributed by atoms with Gasteiger partial charge in [0.25, 0.3) is 17.7 Å². The summed E-state index contributed by atoms with van der Waals surface area (Å²) in [6, 6.07) is 13.3. The van der Waals surface area contributed by atoms with Crippen LogP contribution in [0.2, 0.25) is 0 Å². The van der Waals surface area contributed by atoms with Crippen molar-refractivity contribution in [2.75, 3.05) is 26.0 Å². The van der Waals surface area contributed by atoms with Gasteiger partial charge in [0.1, 0.15) is 0 Å². The van der Waals surface area contributed by atoms with Crippen molar-refractivity contribution in [2.24, 2.45) is 0 Å². The highest BCUT2D eigenvalue weighted by Gasteiger charge is 2.35. The number of benzene rings is 2. The average Bonchev–Trinajstić information content (AvgIpc) is 2.91. The van der Waals surface area contributed by atoms with Crippen molar-refractivity contribution >= 4 is 29.3 Å². The molecule has 7 nitrogen and oxygen atoms in total. The van der Waals surface area contributed by atoms with Gasteiger partial charge in [-0.1, -0.05) is 24.3 Å². The predicted octanol–water partition coefficient (Wildman–Crippen LogP) is 2.01. The molecule has 0 spiro atoms. The van der Waals surface area contributed by atoms with Gasteiger partial charge in [0.2, 0.25) is 5.91 Å². The van der Waals surface area contributed by atoms with Crippen molar-refractivity contribution in [1.82, 2.24) is 9.80 Å². The van der Waals surface area contributed by atoms with Crippen molar-refractivity contribution in [3.63, 3.8) is 0 Å². The van der Waals surface area contributed by atoms with Gasteiger partial charge in [-0.3, -0.25) is 24.1 Å². The molecule has 138 valence electrons. The number of carbonyl (C=O) groups excluding carboxylic acids is 4. The summed E-state index contributed by atoms with van der Waals surface area (Å²) in [6.07, 6.45) is -0.0596. The average molecular weight is 365 g/mol. The normalized spacial score (nSPS) is 12.7. The standard InChI is InChI=1S/C20H19N3O4/c1-22(2)18(25)15-9-5-6-10-16(15)21-17(24)11-12-23-19(26)13-7-3-4-8-14(13)20(23)27/h3-10H,11-12H2,1-2H3,(H,21,24). The fourth-order valence-corrected chi connectivity index (χ4v) is 2.89. The Morgan fingerprint density at radius 3 is 2.07 bits per heavy atom. The van der Waals surface area contributed by atoms with E-state index in [2.05, 4.69) is 5.32 Å². The molecule has 0 unspecified atom stereocenters. The van der Waals surface area contributed by atoms with Gasteiger partial charge in [-0.15, -0.1) is 0 Å². The van der Waals surface area contributed by atoms with Crippen molar-refractivity contribution in [3.05, 3.63) is 65.2 Å². The maximum absolute atomic E-state index is 12.3. The number of imide groups is 1. The highest BCUT2D eigenvalue weighted by molar-refractivity contribution is 6.21. The Bertz CT molecular complexity index is 901. The first-order valence-electron chi connectivity index (χ1n) is 8.46. The van der Waals surface area contributed by atoms with E-state index in [1.54, 1.807) is 62.6 Å². The van der Waals surface area contributed by atoms with Gasteiger partial charge < -0.3 is 10.2 Å². The van der Waals surface area contributed by atoms with Gasteiger partial charge in [-0.2, -0.15) is 0 Å². The molecule has 3 rings (SSSR count). The minimum atomic E-state index is -0.397. The molecular weight excluding hydrogens is 346 g/mol. The second-order valence-corrected chi connectivity index (χ2v) is 6.35. The summed E-state index contributed by atoms with van der Waals surface area (Å²) < 4.78 is 0. The van der Waals surface area contributed by atoms with Crippen LogP contribution in [0.3, 0.4) is 0 Å². The van der Waals surface area contributed by atoms with E-state index in [0.29, 0.717) is 22.4 Å². The highest BCUT2D eigenvalue weighted by Crippen LogP contribution is 2.23. The van der Waals surface area contributed by atoms with E-state index in [9.17, 15) is 19.2 Å². The van der Waals surface area contributed by atoms with E-state index in [1.807, 2.05) is 0 Å². The van der Waals surface area contributed by atoms with Crippen LogP contribution in [0.25, 0.3) is 0 Å². The summed E-state index contributed by atoms with van der Waals surface area (Å²) in [5.41, 5.74) is 1.47. The summed E-state index contributed by atoms with van der Waals surface area (Å²) >= 11 is 0. The van der Waals surface area contributed by atoms with Crippen molar-refractivity contribution in [3.8, 4) is 0 Å². The summed E-state index contributed by atoms with van der Waals surface area (Å²) in [5, 5.41) is 2.69. The van der Waals surface area contributed by atoms with Crippen LogP contribution in [0.15, 0.2) is 48.5 Å². The lowest BCUT2D eigenvalue weighted by molar-refractivity contribution is -0.116. The van der Waals surface area contributed by atoms with Crippen LogP contribution in [-0.4, -0.2) is 54.1 Å². The lowest BCUT2D eigenvalue weighted by Crippen LogP contribution is -2.33. The Morgan fingerprint density at radius 2 is 1.48 bits per heavy atom. The van der Waals surface area contributed by atoms with Gasteiger partial charge in [0.15, 0.2) is 0 Å². The zero-order valence-corrected chi connectivity index (χ0v) is 15.1. The topological polar surface area (TPSA) is 86.8 Å². The quantitative estimate of drug-likeness (QED) is 0.821. The van der Waals surface area contributed by atoms with E-state index in [-0.39, 0.29) is 24.8 Å².